The van der Waals surface area contributed by atoms with Gasteiger partial charge in [-0.25, -0.2) is 9.78 Å². The number of aliphatic hydroxyl groups excluding tert-OH is 1. The summed E-state index contributed by atoms with van der Waals surface area (Å²) in [6, 6.07) is 17.0. The summed E-state index contributed by atoms with van der Waals surface area (Å²) in [5, 5.41) is 24.5. The number of pyridine rings is 1. The molecule has 0 saturated carbocycles. The van der Waals surface area contributed by atoms with Gasteiger partial charge in [0.15, 0.2) is 0 Å². The molecule has 2 heterocycles. The van der Waals surface area contributed by atoms with Crippen LogP contribution in [0.5, 0.6) is 17.4 Å². The third kappa shape index (κ3) is 6.67. The van der Waals surface area contributed by atoms with Crippen molar-refractivity contribution in [2.45, 2.75) is 45.3 Å². The maximum absolute atomic E-state index is 11.7. The summed E-state index contributed by atoms with van der Waals surface area (Å²) >= 11 is 0. The summed E-state index contributed by atoms with van der Waals surface area (Å²) in [4.78, 5) is 19.0. The number of carboxylic acid groups (broad SMARTS) is 1. The van der Waals surface area contributed by atoms with Crippen LogP contribution in [0.25, 0.3) is 10.9 Å². The number of carboxylic acids is 1. The minimum Gasteiger partial charge on any atom is -0.490 e. The second kappa shape index (κ2) is 11.5. The lowest BCUT2D eigenvalue weighted by Crippen LogP contribution is -2.46. The van der Waals surface area contributed by atoms with Crippen molar-refractivity contribution in [2.75, 3.05) is 13.2 Å². The molecule has 0 aliphatic heterocycles. The highest BCUT2D eigenvalue weighted by Gasteiger charge is 2.21. The first-order valence-electron chi connectivity index (χ1n) is 12.4. The Labute approximate surface area is 216 Å². The summed E-state index contributed by atoms with van der Waals surface area (Å²) < 4.78 is 11.7. The molecule has 4 aromatic rings. The van der Waals surface area contributed by atoms with Crippen molar-refractivity contribution in [3.8, 4) is 17.4 Å². The van der Waals surface area contributed by atoms with Crippen molar-refractivity contribution < 1.29 is 24.5 Å². The van der Waals surface area contributed by atoms with Crippen molar-refractivity contribution in [1.82, 2.24) is 15.3 Å². The van der Waals surface area contributed by atoms with Crippen LogP contribution in [0, 0.1) is 0 Å². The fourth-order valence-corrected chi connectivity index (χ4v) is 4.26. The highest BCUT2D eigenvalue weighted by molar-refractivity contribution is 5.92. The predicted octanol–water partition coefficient (Wildman–Crippen LogP) is 4.97. The maximum atomic E-state index is 11.7. The Balaban J connectivity index is 1.30. The van der Waals surface area contributed by atoms with Crippen molar-refractivity contribution in [3.05, 3.63) is 83.7 Å². The molecule has 37 heavy (non-hydrogen) atoms. The van der Waals surface area contributed by atoms with Gasteiger partial charge >= 0.3 is 5.97 Å². The van der Waals surface area contributed by atoms with Crippen LogP contribution in [0.3, 0.4) is 0 Å². The average Bonchev–Trinajstić information content (AvgIpc) is 3.36. The Morgan fingerprint density at radius 3 is 2.65 bits per heavy atom. The number of nitrogens with one attached hydrogen (secondary N) is 2. The molecule has 4 rings (SSSR count). The number of fused-ring (bicyclic) bond motifs is 1. The summed E-state index contributed by atoms with van der Waals surface area (Å²) in [5.74, 6) is 0.290. The molecule has 4 N–H and O–H groups in total. The summed E-state index contributed by atoms with van der Waals surface area (Å²) in [7, 11) is 0. The lowest BCUT2D eigenvalue weighted by atomic mass is 9.94. The Kier molecular flexibility index (Phi) is 8.11. The number of aryl methyl sites for hydroxylation is 1. The minimum atomic E-state index is -1.06. The Morgan fingerprint density at radius 2 is 1.92 bits per heavy atom. The van der Waals surface area contributed by atoms with Gasteiger partial charge in [-0.15, -0.1) is 0 Å². The van der Waals surface area contributed by atoms with E-state index in [4.69, 9.17) is 9.47 Å². The van der Waals surface area contributed by atoms with E-state index in [0.717, 1.165) is 22.2 Å². The molecule has 2 aromatic heterocycles. The van der Waals surface area contributed by atoms with E-state index in [1.165, 1.54) is 0 Å². The number of nitrogens with zero attached hydrogens (tertiary/aromatic N) is 1. The quantitative estimate of drug-likeness (QED) is 0.216. The van der Waals surface area contributed by atoms with E-state index < -0.39 is 12.1 Å². The molecule has 2 aromatic carbocycles. The van der Waals surface area contributed by atoms with Crippen LogP contribution in [0.2, 0.25) is 0 Å². The molecule has 8 heteroatoms. The standard InChI is InChI=1S/C29H33N3O5/c1-4-20-12-14-31-27(26(20)28(34)35)37-22-10-8-19(9-11-22)16-29(2,3)32-17-21(33)18-36-25-7-5-6-24-23(25)13-15-30-24/h5-15,21,30,32-33H,4,16-18H2,1-3H3,(H,34,35). The fraction of sp³-hybridized carbons (Fsp3) is 0.310. The highest BCUT2D eigenvalue weighted by Crippen LogP contribution is 2.27. The van der Waals surface area contributed by atoms with Crippen LogP contribution in [0.15, 0.2) is 67.0 Å². The minimum absolute atomic E-state index is 0.0885. The van der Waals surface area contributed by atoms with Gasteiger partial charge in [-0.1, -0.05) is 25.1 Å². The third-order valence-corrected chi connectivity index (χ3v) is 6.18. The number of aromatic amines is 1. The number of ether oxygens (including phenoxy) is 2. The molecule has 0 aliphatic carbocycles. The van der Waals surface area contributed by atoms with Gasteiger partial charge in [-0.05, 0) is 74.2 Å². The van der Waals surface area contributed by atoms with Gasteiger partial charge in [0, 0.05) is 35.4 Å². The third-order valence-electron chi connectivity index (χ3n) is 6.18. The zero-order chi connectivity index (χ0) is 26.4. The summed E-state index contributed by atoms with van der Waals surface area (Å²) in [5.41, 5.74) is 2.55. The Bertz CT molecular complexity index is 1350. The molecule has 0 saturated heterocycles. The number of aromatic carboxylic acids is 1. The molecule has 194 valence electrons. The van der Waals surface area contributed by atoms with Crippen molar-refractivity contribution in [2.24, 2.45) is 0 Å². The first kappa shape index (κ1) is 26.2. The number of H-pyrrole nitrogens is 1. The van der Waals surface area contributed by atoms with Gasteiger partial charge in [-0.3, -0.25) is 0 Å². The van der Waals surface area contributed by atoms with Crippen molar-refractivity contribution in [1.29, 1.82) is 0 Å². The second-order valence-electron chi connectivity index (χ2n) is 9.66. The van der Waals surface area contributed by atoms with E-state index in [9.17, 15) is 15.0 Å². The van der Waals surface area contributed by atoms with Gasteiger partial charge in [0.1, 0.15) is 29.8 Å². The summed E-state index contributed by atoms with van der Waals surface area (Å²) in [6.45, 7) is 6.61. The number of hydrogen-bond acceptors (Lipinski definition) is 6. The van der Waals surface area contributed by atoms with Crippen LogP contribution in [0.4, 0.5) is 0 Å². The van der Waals surface area contributed by atoms with E-state index in [0.29, 0.717) is 30.7 Å². The smallest absolute Gasteiger partial charge is 0.341 e. The van der Waals surface area contributed by atoms with Gasteiger partial charge in [0.2, 0.25) is 5.88 Å². The zero-order valence-electron chi connectivity index (χ0n) is 21.3. The molecule has 0 bridgehead atoms. The number of carbonyl (C=O) groups is 1. The molecule has 0 aliphatic rings. The molecule has 0 amide bonds. The van der Waals surface area contributed by atoms with E-state index in [2.05, 4.69) is 29.1 Å². The first-order valence-corrected chi connectivity index (χ1v) is 12.4. The van der Waals surface area contributed by atoms with Crippen LogP contribution >= 0.6 is 0 Å². The number of hydrogen-bond donors (Lipinski definition) is 4. The topological polar surface area (TPSA) is 117 Å². The largest absolute Gasteiger partial charge is 0.490 e. The van der Waals surface area contributed by atoms with Crippen LogP contribution in [-0.2, 0) is 12.8 Å². The van der Waals surface area contributed by atoms with Gasteiger partial charge in [0.25, 0.3) is 0 Å². The maximum Gasteiger partial charge on any atom is 0.341 e. The molecular weight excluding hydrogens is 470 g/mol. The lowest BCUT2D eigenvalue weighted by molar-refractivity contribution is 0.0692. The number of aromatic nitrogens is 2. The van der Waals surface area contributed by atoms with E-state index >= 15 is 0 Å². The molecular formula is C29H33N3O5. The zero-order valence-corrected chi connectivity index (χ0v) is 21.3. The number of aliphatic hydroxyl groups is 1. The Morgan fingerprint density at radius 1 is 1.14 bits per heavy atom. The van der Waals surface area contributed by atoms with Crippen molar-refractivity contribution in [3.63, 3.8) is 0 Å². The normalized spacial score (nSPS) is 12.4. The predicted molar refractivity (Wildman–Crippen MR) is 143 cm³/mol. The van der Waals surface area contributed by atoms with Crippen LogP contribution < -0.4 is 14.8 Å². The van der Waals surface area contributed by atoms with E-state index in [1.807, 2.05) is 61.7 Å². The van der Waals surface area contributed by atoms with Crippen LogP contribution in [-0.4, -0.2) is 50.9 Å². The monoisotopic (exact) mass is 503 g/mol. The average molecular weight is 504 g/mol. The molecule has 8 nitrogen and oxygen atoms in total. The van der Waals surface area contributed by atoms with Gasteiger partial charge in [-0.2, -0.15) is 0 Å². The number of benzene rings is 2. The molecule has 1 atom stereocenters. The molecule has 0 fully saturated rings. The first-order chi connectivity index (χ1) is 17.8. The van der Waals surface area contributed by atoms with E-state index in [1.54, 1.807) is 12.3 Å². The lowest BCUT2D eigenvalue weighted by Gasteiger charge is -2.28. The molecule has 1 unspecified atom stereocenters. The summed E-state index contributed by atoms with van der Waals surface area (Å²) in [6.07, 6.45) is 4.05. The molecule has 0 spiro atoms. The number of rotatable bonds is 12. The highest BCUT2D eigenvalue weighted by atomic mass is 16.5. The fourth-order valence-electron chi connectivity index (χ4n) is 4.26. The Hall–Kier alpha value is -3.88. The second-order valence-corrected chi connectivity index (χ2v) is 9.66. The SMILES string of the molecule is CCc1ccnc(Oc2ccc(CC(C)(C)NCC(O)COc3cccc4[nH]ccc34)cc2)c1C(=O)O. The number of β-amino-alcohol motifs (C(OH)–C–C–N with tert-alkyl or cyclic N) is 1. The van der Waals surface area contributed by atoms with Gasteiger partial charge < -0.3 is 30.0 Å². The van der Waals surface area contributed by atoms with Crippen molar-refractivity contribution >= 4 is 16.9 Å². The van der Waals surface area contributed by atoms with Crippen LogP contribution in [0.1, 0.15) is 42.3 Å². The van der Waals surface area contributed by atoms with Gasteiger partial charge in [0.05, 0.1) is 0 Å². The van der Waals surface area contributed by atoms with E-state index in [-0.39, 0.29) is 23.6 Å². The molecule has 0 radical (unpaired) electrons.